The van der Waals surface area contributed by atoms with Crippen LogP contribution in [0.25, 0.3) is 0 Å². The molecule has 2 rings (SSSR count). The average Bonchev–Trinajstić information content (AvgIpc) is 2.70. The fourth-order valence-electron chi connectivity index (χ4n) is 2.96. The van der Waals surface area contributed by atoms with E-state index in [-0.39, 0.29) is 22.8 Å². The molecule has 0 heterocycles. The first-order chi connectivity index (χ1) is 14.1. The minimum Gasteiger partial charge on any atom is -0.349 e. The average molecular weight is 432 g/mol. The molecule has 0 aromatic heterocycles. The first-order valence-electron chi connectivity index (χ1n) is 9.81. The molecule has 0 aliphatic rings. The maximum absolute atomic E-state index is 12.9. The van der Waals surface area contributed by atoms with Gasteiger partial charge in [-0.2, -0.15) is 4.31 Å². The standard InChI is InChI=1S/C22H29N3O4S/c1-6-25(7-2)30(28,29)20-15-18(11-8-16(20)3)22(27)23-19-12-9-17(10-13-19)14-21(26)24(4)5/h8-13,15H,6-7,14H2,1-5H3,(H,23,27). The lowest BCUT2D eigenvalue weighted by molar-refractivity contribution is -0.127. The second kappa shape index (κ2) is 9.86. The van der Waals surface area contributed by atoms with Gasteiger partial charge in [-0.3, -0.25) is 9.59 Å². The van der Waals surface area contributed by atoms with Crippen LogP contribution in [0.5, 0.6) is 0 Å². The van der Waals surface area contributed by atoms with E-state index in [4.69, 9.17) is 0 Å². The first kappa shape index (κ1) is 23.6. The van der Waals surface area contributed by atoms with Gasteiger partial charge in [0.2, 0.25) is 15.9 Å². The van der Waals surface area contributed by atoms with Crippen LogP contribution in [0, 0.1) is 6.92 Å². The number of amides is 2. The lowest BCUT2D eigenvalue weighted by Crippen LogP contribution is -2.31. The highest BCUT2D eigenvalue weighted by Gasteiger charge is 2.24. The third kappa shape index (κ3) is 5.46. The minimum atomic E-state index is -3.67. The number of carbonyl (C=O) groups is 2. The predicted octanol–water partition coefficient (Wildman–Crippen LogP) is 2.91. The molecule has 7 nitrogen and oxygen atoms in total. The Hall–Kier alpha value is -2.71. The molecule has 0 saturated carbocycles. The number of aryl methyl sites for hydroxylation is 1. The Bertz CT molecular complexity index is 1010. The van der Waals surface area contributed by atoms with Gasteiger partial charge in [0.05, 0.1) is 11.3 Å². The number of sulfonamides is 1. The number of hydrogen-bond acceptors (Lipinski definition) is 4. The molecule has 0 spiro atoms. The topological polar surface area (TPSA) is 86.8 Å². The van der Waals surface area contributed by atoms with Gasteiger partial charge in [0.25, 0.3) is 5.91 Å². The maximum Gasteiger partial charge on any atom is 0.255 e. The molecule has 8 heteroatoms. The largest absolute Gasteiger partial charge is 0.349 e. The molecule has 0 unspecified atom stereocenters. The number of likely N-dealkylation sites (N-methyl/N-ethyl adjacent to an activating group) is 1. The monoisotopic (exact) mass is 431 g/mol. The summed E-state index contributed by atoms with van der Waals surface area (Å²) < 4.78 is 27.1. The summed E-state index contributed by atoms with van der Waals surface area (Å²) in [5.41, 5.74) is 2.26. The summed E-state index contributed by atoms with van der Waals surface area (Å²) in [5, 5.41) is 2.77. The van der Waals surface area contributed by atoms with Gasteiger partial charge in [-0.25, -0.2) is 8.42 Å². The molecule has 2 aromatic rings. The van der Waals surface area contributed by atoms with Crippen LogP contribution < -0.4 is 5.32 Å². The van der Waals surface area contributed by atoms with E-state index in [0.29, 0.717) is 24.3 Å². The number of carbonyl (C=O) groups excluding carboxylic acids is 2. The lowest BCUT2D eigenvalue weighted by Gasteiger charge is -2.20. The van der Waals surface area contributed by atoms with Crippen LogP contribution >= 0.6 is 0 Å². The van der Waals surface area contributed by atoms with E-state index in [1.807, 2.05) is 0 Å². The van der Waals surface area contributed by atoms with Crippen molar-refractivity contribution in [3.8, 4) is 0 Å². The van der Waals surface area contributed by atoms with Crippen molar-refractivity contribution < 1.29 is 18.0 Å². The van der Waals surface area contributed by atoms with Crippen molar-refractivity contribution in [3.63, 3.8) is 0 Å². The number of benzene rings is 2. The van der Waals surface area contributed by atoms with Crippen LogP contribution in [-0.2, 0) is 21.2 Å². The predicted molar refractivity (Wildman–Crippen MR) is 118 cm³/mol. The molecule has 1 N–H and O–H groups in total. The quantitative estimate of drug-likeness (QED) is 0.696. The van der Waals surface area contributed by atoms with E-state index in [1.54, 1.807) is 71.3 Å². The van der Waals surface area contributed by atoms with Crippen LogP contribution in [0.15, 0.2) is 47.4 Å². The zero-order valence-corrected chi connectivity index (χ0v) is 18.9. The van der Waals surface area contributed by atoms with Crippen molar-refractivity contribution in [1.82, 2.24) is 9.21 Å². The van der Waals surface area contributed by atoms with E-state index in [9.17, 15) is 18.0 Å². The molecular formula is C22H29N3O4S. The second-order valence-corrected chi connectivity index (χ2v) is 9.09. The summed E-state index contributed by atoms with van der Waals surface area (Å²) in [6.45, 7) is 5.99. The van der Waals surface area contributed by atoms with Crippen LogP contribution in [0.1, 0.15) is 35.3 Å². The third-order valence-electron chi connectivity index (χ3n) is 4.84. The zero-order chi connectivity index (χ0) is 22.5. The molecule has 0 bridgehead atoms. The number of nitrogens with one attached hydrogen (secondary N) is 1. The Morgan fingerprint density at radius 3 is 2.10 bits per heavy atom. The fourth-order valence-corrected chi connectivity index (χ4v) is 4.67. The Balaban J connectivity index is 2.21. The van der Waals surface area contributed by atoms with E-state index in [2.05, 4.69) is 5.32 Å². The van der Waals surface area contributed by atoms with Crippen LogP contribution in [0.4, 0.5) is 5.69 Å². The Morgan fingerprint density at radius 1 is 0.967 bits per heavy atom. The van der Waals surface area contributed by atoms with Crippen LogP contribution in [-0.4, -0.2) is 56.6 Å². The summed E-state index contributed by atoms with van der Waals surface area (Å²) >= 11 is 0. The van der Waals surface area contributed by atoms with Gasteiger partial charge in [0, 0.05) is 38.4 Å². The Labute approximate surface area is 178 Å². The second-order valence-electron chi connectivity index (χ2n) is 7.19. The molecule has 0 atom stereocenters. The van der Waals surface area contributed by atoms with Crippen LogP contribution in [0.2, 0.25) is 0 Å². The Morgan fingerprint density at radius 2 is 1.57 bits per heavy atom. The summed E-state index contributed by atoms with van der Waals surface area (Å²) in [6.07, 6.45) is 0.283. The van der Waals surface area contributed by atoms with Gasteiger partial charge in [-0.15, -0.1) is 0 Å². The van der Waals surface area contributed by atoms with Crippen molar-refractivity contribution >= 4 is 27.5 Å². The lowest BCUT2D eigenvalue weighted by atomic mass is 10.1. The van der Waals surface area contributed by atoms with Gasteiger partial charge in [-0.1, -0.05) is 32.0 Å². The summed E-state index contributed by atoms with van der Waals surface area (Å²) in [5.74, 6) is -0.406. The first-order valence-corrected chi connectivity index (χ1v) is 11.2. The number of rotatable bonds is 8. The Kier molecular flexibility index (Phi) is 7.75. The number of anilines is 1. The molecular weight excluding hydrogens is 402 g/mol. The van der Waals surface area contributed by atoms with E-state index in [0.717, 1.165) is 5.56 Å². The number of hydrogen-bond donors (Lipinski definition) is 1. The molecule has 2 aromatic carbocycles. The normalized spacial score (nSPS) is 11.4. The van der Waals surface area contributed by atoms with Gasteiger partial charge in [0.15, 0.2) is 0 Å². The zero-order valence-electron chi connectivity index (χ0n) is 18.1. The summed E-state index contributed by atoms with van der Waals surface area (Å²) in [4.78, 5) is 26.1. The van der Waals surface area contributed by atoms with Crippen molar-refractivity contribution in [3.05, 3.63) is 59.2 Å². The molecule has 0 radical (unpaired) electrons. The third-order valence-corrected chi connectivity index (χ3v) is 7.03. The highest BCUT2D eigenvalue weighted by atomic mass is 32.2. The van der Waals surface area contributed by atoms with Gasteiger partial charge < -0.3 is 10.2 Å². The maximum atomic E-state index is 12.9. The van der Waals surface area contributed by atoms with Gasteiger partial charge in [-0.05, 0) is 42.3 Å². The van der Waals surface area contributed by atoms with E-state index < -0.39 is 15.9 Å². The molecule has 30 heavy (non-hydrogen) atoms. The molecule has 2 amide bonds. The summed E-state index contributed by atoms with van der Waals surface area (Å²) in [7, 11) is -0.264. The SMILES string of the molecule is CCN(CC)S(=O)(=O)c1cc(C(=O)Nc2ccc(CC(=O)N(C)C)cc2)ccc1C. The summed E-state index contributed by atoms with van der Waals surface area (Å²) in [6, 6.07) is 11.7. The van der Waals surface area contributed by atoms with Crippen molar-refractivity contribution in [2.24, 2.45) is 0 Å². The van der Waals surface area contributed by atoms with E-state index in [1.165, 1.54) is 15.3 Å². The minimum absolute atomic E-state index is 0.00613. The van der Waals surface area contributed by atoms with Crippen LogP contribution in [0.3, 0.4) is 0 Å². The smallest absolute Gasteiger partial charge is 0.255 e. The highest BCUT2D eigenvalue weighted by Crippen LogP contribution is 2.22. The molecule has 0 aliphatic heterocycles. The van der Waals surface area contributed by atoms with Crippen molar-refractivity contribution in [1.29, 1.82) is 0 Å². The van der Waals surface area contributed by atoms with Gasteiger partial charge in [0.1, 0.15) is 0 Å². The van der Waals surface area contributed by atoms with E-state index >= 15 is 0 Å². The molecule has 0 aliphatic carbocycles. The molecule has 0 saturated heterocycles. The fraction of sp³-hybridized carbons (Fsp3) is 0.364. The van der Waals surface area contributed by atoms with Crippen molar-refractivity contribution in [2.75, 3.05) is 32.5 Å². The molecule has 0 fully saturated rings. The van der Waals surface area contributed by atoms with Crippen molar-refractivity contribution in [2.45, 2.75) is 32.1 Å². The van der Waals surface area contributed by atoms with Gasteiger partial charge >= 0.3 is 0 Å². The molecule has 162 valence electrons. The highest BCUT2D eigenvalue weighted by molar-refractivity contribution is 7.89. The number of nitrogens with zero attached hydrogens (tertiary/aromatic N) is 2.